The largest absolute Gasteiger partial charge is 0.398 e. The van der Waals surface area contributed by atoms with Gasteiger partial charge < -0.3 is 11.5 Å². The van der Waals surface area contributed by atoms with Crippen LogP contribution in [0.2, 0.25) is 0 Å². The first-order valence-electron chi connectivity index (χ1n) is 3.69. The minimum atomic E-state index is 0.483. The second-order valence-corrected chi connectivity index (χ2v) is 3.62. The molecular weight excluding hydrogens is 182 g/mol. The van der Waals surface area contributed by atoms with E-state index in [1.807, 2.05) is 11.4 Å². The highest BCUT2D eigenvalue weighted by Gasteiger charge is 2.08. The van der Waals surface area contributed by atoms with E-state index in [9.17, 15) is 0 Å². The highest BCUT2D eigenvalue weighted by molar-refractivity contribution is 7.17. The summed E-state index contributed by atoms with van der Waals surface area (Å²) in [4.78, 5) is 0. The lowest BCUT2D eigenvalue weighted by Crippen LogP contribution is -1.91. The van der Waals surface area contributed by atoms with Crippen LogP contribution in [0.1, 0.15) is 5.56 Å². The molecule has 0 unspecified atom stereocenters. The summed E-state index contributed by atoms with van der Waals surface area (Å²) in [7, 11) is 0. The number of thiophene rings is 1. The van der Waals surface area contributed by atoms with Crippen LogP contribution in [0.15, 0.2) is 17.5 Å². The lowest BCUT2D eigenvalue weighted by atomic mass is 10.1. The van der Waals surface area contributed by atoms with E-state index >= 15 is 0 Å². The van der Waals surface area contributed by atoms with Gasteiger partial charge in [0.1, 0.15) is 6.07 Å². The Kier molecular flexibility index (Phi) is 1.61. The van der Waals surface area contributed by atoms with Crippen LogP contribution in [-0.2, 0) is 0 Å². The van der Waals surface area contributed by atoms with Gasteiger partial charge in [0.05, 0.1) is 16.9 Å². The summed E-state index contributed by atoms with van der Waals surface area (Å²) < 4.78 is 1.00. The van der Waals surface area contributed by atoms with Gasteiger partial charge in [0.2, 0.25) is 0 Å². The Morgan fingerprint density at radius 1 is 1.23 bits per heavy atom. The summed E-state index contributed by atoms with van der Waals surface area (Å²) in [6.07, 6.45) is 0. The molecule has 3 nitrogen and oxygen atoms in total. The van der Waals surface area contributed by atoms with E-state index in [-0.39, 0.29) is 0 Å². The Hall–Kier alpha value is -1.73. The number of nitrogens with zero attached hydrogens (tertiary/aromatic N) is 1. The Balaban J connectivity index is 2.99. The molecule has 4 heteroatoms. The molecule has 0 fully saturated rings. The number of rotatable bonds is 0. The average Bonchev–Trinajstić information content (AvgIpc) is 2.49. The van der Waals surface area contributed by atoms with E-state index in [0.717, 1.165) is 10.1 Å². The Morgan fingerprint density at radius 2 is 2.00 bits per heavy atom. The number of anilines is 2. The standard InChI is InChI=1S/C9H7N3S/c10-3-5-6(11)1-2-8-9(5)7(12)4-13-8/h1-2,4H,11-12H2. The normalized spacial score (nSPS) is 10.1. The fourth-order valence-corrected chi connectivity index (χ4v) is 2.15. The third kappa shape index (κ3) is 1.02. The van der Waals surface area contributed by atoms with Crippen molar-refractivity contribution in [1.29, 1.82) is 5.26 Å². The first-order chi connectivity index (χ1) is 6.24. The zero-order chi connectivity index (χ0) is 9.42. The van der Waals surface area contributed by atoms with E-state index in [1.54, 1.807) is 6.07 Å². The quantitative estimate of drug-likeness (QED) is 0.622. The first-order valence-corrected chi connectivity index (χ1v) is 4.57. The van der Waals surface area contributed by atoms with Gasteiger partial charge in [-0.3, -0.25) is 0 Å². The van der Waals surface area contributed by atoms with Crippen molar-refractivity contribution >= 4 is 32.8 Å². The molecule has 0 saturated heterocycles. The Bertz CT molecular complexity index is 507. The van der Waals surface area contributed by atoms with Crippen LogP contribution in [0.25, 0.3) is 10.1 Å². The van der Waals surface area contributed by atoms with Gasteiger partial charge in [-0.15, -0.1) is 11.3 Å². The van der Waals surface area contributed by atoms with Crippen molar-refractivity contribution in [3.8, 4) is 6.07 Å². The monoisotopic (exact) mass is 189 g/mol. The summed E-state index contributed by atoms with van der Waals surface area (Å²) >= 11 is 1.52. The molecule has 0 amide bonds. The maximum absolute atomic E-state index is 8.88. The van der Waals surface area contributed by atoms with Crippen molar-refractivity contribution < 1.29 is 0 Å². The molecule has 0 radical (unpaired) electrons. The van der Waals surface area contributed by atoms with Crippen molar-refractivity contribution in [3.05, 3.63) is 23.1 Å². The minimum absolute atomic E-state index is 0.483. The van der Waals surface area contributed by atoms with Crippen LogP contribution >= 0.6 is 11.3 Å². The van der Waals surface area contributed by atoms with Crippen molar-refractivity contribution in [2.75, 3.05) is 11.5 Å². The van der Waals surface area contributed by atoms with Crippen LogP contribution in [0.5, 0.6) is 0 Å². The smallest absolute Gasteiger partial charge is 0.102 e. The number of nitrogens with two attached hydrogens (primary N) is 2. The number of nitrogen functional groups attached to an aromatic ring is 2. The van der Waals surface area contributed by atoms with Gasteiger partial charge in [0, 0.05) is 15.5 Å². The first kappa shape index (κ1) is 7.90. The van der Waals surface area contributed by atoms with Gasteiger partial charge >= 0.3 is 0 Å². The number of nitriles is 1. The summed E-state index contributed by atoms with van der Waals surface area (Å²) in [6, 6.07) is 5.68. The summed E-state index contributed by atoms with van der Waals surface area (Å²) in [6.45, 7) is 0. The molecule has 0 aliphatic carbocycles. The van der Waals surface area contributed by atoms with Gasteiger partial charge in [0.25, 0.3) is 0 Å². The molecule has 0 aliphatic rings. The third-order valence-electron chi connectivity index (χ3n) is 1.91. The SMILES string of the molecule is N#Cc1c(N)ccc2scc(N)c12. The maximum atomic E-state index is 8.88. The number of fused-ring (bicyclic) bond motifs is 1. The summed E-state index contributed by atoms with van der Waals surface area (Å²) in [5.41, 5.74) is 13.0. The molecule has 0 atom stereocenters. The predicted octanol–water partition coefficient (Wildman–Crippen LogP) is 1.94. The molecule has 0 saturated carbocycles. The van der Waals surface area contributed by atoms with E-state index < -0.39 is 0 Å². The lowest BCUT2D eigenvalue weighted by Gasteiger charge is -1.99. The molecule has 0 spiro atoms. The number of hydrogen-bond acceptors (Lipinski definition) is 4. The topological polar surface area (TPSA) is 75.8 Å². The van der Waals surface area contributed by atoms with Gasteiger partial charge in [-0.2, -0.15) is 5.26 Å². The van der Waals surface area contributed by atoms with Crippen molar-refractivity contribution in [1.82, 2.24) is 0 Å². The molecular formula is C9H7N3S. The van der Waals surface area contributed by atoms with Crippen LogP contribution in [0, 0.1) is 11.3 Å². The Labute approximate surface area is 79.2 Å². The van der Waals surface area contributed by atoms with Gasteiger partial charge in [-0.25, -0.2) is 0 Å². The Morgan fingerprint density at radius 3 is 2.69 bits per heavy atom. The zero-order valence-electron chi connectivity index (χ0n) is 6.74. The average molecular weight is 189 g/mol. The molecule has 1 heterocycles. The van der Waals surface area contributed by atoms with E-state index in [0.29, 0.717) is 16.9 Å². The maximum Gasteiger partial charge on any atom is 0.102 e. The summed E-state index contributed by atoms with van der Waals surface area (Å²) in [5.74, 6) is 0. The van der Waals surface area contributed by atoms with Crippen molar-refractivity contribution in [2.45, 2.75) is 0 Å². The molecule has 1 aromatic carbocycles. The second kappa shape index (κ2) is 2.64. The summed E-state index contributed by atoms with van der Waals surface area (Å²) in [5, 5.41) is 11.5. The fourth-order valence-electron chi connectivity index (χ4n) is 1.29. The molecule has 1 aromatic heterocycles. The molecule has 0 aliphatic heterocycles. The minimum Gasteiger partial charge on any atom is -0.398 e. The van der Waals surface area contributed by atoms with Gasteiger partial charge in [-0.1, -0.05) is 0 Å². The molecule has 0 bridgehead atoms. The van der Waals surface area contributed by atoms with Crippen LogP contribution in [0.3, 0.4) is 0 Å². The molecule has 2 rings (SSSR count). The highest BCUT2D eigenvalue weighted by atomic mass is 32.1. The van der Waals surface area contributed by atoms with Crippen LogP contribution in [0.4, 0.5) is 11.4 Å². The van der Waals surface area contributed by atoms with Crippen molar-refractivity contribution in [3.63, 3.8) is 0 Å². The number of benzene rings is 1. The zero-order valence-corrected chi connectivity index (χ0v) is 7.56. The van der Waals surface area contributed by atoms with Crippen molar-refractivity contribution in [2.24, 2.45) is 0 Å². The molecule has 64 valence electrons. The second-order valence-electron chi connectivity index (χ2n) is 2.71. The van der Waals surface area contributed by atoms with E-state index in [1.165, 1.54) is 11.3 Å². The molecule has 4 N–H and O–H groups in total. The molecule has 13 heavy (non-hydrogen) atoms. The fraction of sp³-hybridized carbons (Fsp3) is 0. The van der Waals surface area contributed by atoms with Crippen LogP contribution < -0.4 is 11.5 Å². The van der Waals surface area contributed by atoms with E-state index in [2.05, 4.69) is 6.07 Å². The third-order valence-corrected chi connectivity index (χ3v) is 2.88. The number of hydrogen-bond donors (Lipinski definition) is 2. The predicted molar refractivity (Wildman–Crippen MR) is 55.4 cm³/mol. The molecule has 2 aromatic rings. The van der Waals surface area contributed by atoms with Gasteiger partial charge in [-0.05, 0) is 12.1 Å². The van der Waals surface area contributed by atoms with Gasteiger partial charge in [0.15, 0.2) is 0 Å². The highest BCUT2D eigenvalue weighted by Crippen LogP contribution is 2.33. The van der Waals surface area contributed by atoms with E-state index in [4.69, 9.17) is 16.7 Å². The lowest BCUT2D eigenvalue weighted by molar-refractivity contribution is 1.51. The van der Waals surface area contributed by atoms with Crippen LogP contribution in [-0.4, -0.2) is 0 Å².